The number of halogens is 1. The van der Waals surface area contributed by atoms with E-state index in [0.29, 0.717) is 18.8 Å². The summed E-state index contributed by atoms with van der Waals surface area (Å²) in [4.78, 5) is -0.0102. The van der Waals surface area contributed by atoms with Crippen LogP contribution in [-0.4, -0.2) is 27.7 Å². The van der Waals surface area contributed by atoms with Gasteiger partial charge in [0.1, 0.15) is 4.90 Å². The lowest BCUT2D eigenvalue weighted by molar-refractivity contribution is 0.180. The zero-order chi connectivity index (χ0) is 14.8. The van der Waals surface area contributed by atoms with Crippen molar-refractivity contribution in [1.29, 1.82) is 5.26 Å². The molecule has 0 aromatic heterocycles. The molecule has 1 aliphatic heterocycles. The summed E-state index contributed by atoms with van der Waals surface area (Å²) in [6.07, 6.45) is 0.838. The van der Waals surface area contributed by atoms with E-state index in [0.717, 1.165) is 6.42 Å². The predicted octanol–water partition coefficient (Wildman–Crippen LogP) is 1.91. The number of hydrogen-bond acceptors (Lipinski definition) is 4. The van der Waals surface area contributed by atoms with E-state index in [1.165, 1.54) is 18.2 Å². The zero-order valence-electron chi connectivity index (χ0n) is 11.0. The molecular formula is C13H15ClN2O3S. The van der Waals surface area contributed by atoms with Crippen LogP contribution in [-0.2, 0) is 14.8 Å². The lowest BCUT2D eigenvalue weighted by atomic mass is 10.0. The fraction of sp³-hybridized carbons (Fsp3) is 0.462. The predicted molar refractivity (Wildman–Crippen MR) is 74.9 cm³/mol. The SMILES string of the molecule is CC(NS(=O)(=O)c1ccc(C#N)cc1Cl)C1CCOC1. The average molecular weight is 315 g/mol. The van der Waals surface area contributed by atoms with Crippen LogP contribution in [0.2, 0.25) is 5.02 Å². The largest absolute Gasteiger partial charge is 0.381 e. The van der Waals surface area contributed by atoms with E-state index in [-0.39, 0.29) is 21.9 Å². The second kappa shape index (κ2) is 6.10. The van der Waals surface area contributed by atoms with Crippen molar-refractivity contribution >= 4 is 21.6 Å². The smallest absolute Gasteiger partial charge is 0.242 e. The lowest BCUT2D eigenvalue weighted by Crippen LogP contribution is -2.38. The first-order valence-electron chi connectivity index (χ1n) is 6.24. The topological polar surface area (TPSA) is 79.2 Å². The Labute approximate surface area is 123 Å². The number of sulfonamides is 1. The maximum Gasteiger partial charge on any atom is 0.242 e. The molecule has 0 aliphatic carbocycles. The number of rotatable bonds is 4. The first-order chi connectivity index (χ1) is 9.44. The minimum absolute atomic E-state index is 0.0102. The van der Waals surface area contributed by atoms with Gasteiger partial charge in [0.15, 0.2) is 0 Å². The van der Waals surface area contributed by atoms with Crippen molar-refractivity contribution in [2.24, 2.45) is 5.92 Å². The molecule has 0 amide bonds. The Hall–Kier alpha value is -1.13. The van der Waals surface area contributed by atoms with Gasteiger partial charge >= 0.3 is 0 Å². The van der Waals surface area contributed by atoms with Gasteiger partial charge in [0, 0.05) is 18.6 Å². The maximum absolute atomic E-state index is 12.3. The van der Waals surface area contributed by atoms with E-state index >= 15 is 0 Å². The van der Waals surface area contributed by atoms with Gasteiger partial charge in [-0.2, -0.15) is 5.26 Å². The fourth-order valence-electron chi connectivity index (χ4n) is 2.14. The minimum atomic E-state index is -3.70. The molecule has 2 unspecified atom stereocenters. The molecule has 20 heavy (non-hydrogen) atoms. The molecule has 1 aromatic rings. The summed E-state index contributed by atoms with van der Waals surface area (Å²) in [5, 5.41) is 8.80. The monoisotopic (exact) mass is 314 g/mol. The molecule has 0 radical (unpaired) electrons. The van der Waals surface area contributed by atoms with Crippen LogP contribution < -0.4 is 4.72 Å². The second-order valence-corrected chi connectivity index (χ2v) is 6.88. The number of nitriles is 1. The van der Waals surface area contributed by atoms with Gasteiger partial charge in [-0.1, -0.05) is 11.6 Å². The van der Waals surface area contributed by atoms with Crippen LogP contribution in [0.1, 0.15) is 18.9 Å². The molecule has 0 saturated carbocycles. The van der Waals surface area contributed by atoms with Gasteiger partial charge in [-0.3, -0.25) is 0 Å². The van der Waals surface area contributed by atoms with E-state index in [4.69, 9.17) is 21.6 Å². The number of ether oxygens (including phenoxy) is 1. The standard InChI is InChI=1S/C13H15ClN2O3S/c1-9(11-4-5-19-8-11)16-20(17,18)13-3-2-10(7-15)6-12(13)14/h2-3,6,9,11,16H,4-5,8H2,1H3. The molecule has 1 heterocycles. The molecule has 1 fully saturated rings. The molecule has 0 spiro atoms. The highest BCUT2D eigenvalue weighted by Gasteiger charge is 2.27. The Morgan fingerprint density at radius 1 is 1.55 bits per heavy atom. The lowest BCUT2D eigenvalue weighted by Gasteiger charge is -2.19. The van der Waals surface area contributed by atoms with Crippen molar-refractivity contribution in [2.45, 2.75) is 24.3 Å². The highest BCUT2D eigenvalue weighted by Crippen LogP contribution is 2.24. The van der Waals surface area contributed by atoms with E-state index in [9.17, 15) is 8.42 Å². The molecule has 7 heteroatoms. The highest BCUT2D eigenvalue weighted by atomic mass is 35.5. The van der Waals surface area contributed by atoms with Gasteiger partial charge < -0.3 is 4.74 Å². The van der Waals surface area contributed by atoms with Crippen LogP contribution in [0.25, 0.3) is 0 Å². The van der Waals surface area contributed by atoms with Crippen LogP contribution in [0.5, 0.6) is 0 Å². The third-order valence-electron chi connectivity index (χ3n) is 3.36. The molecule has 1 N–H and O–H groups in total. The van der Waals surface area contributed by atoms with Crippen molar-refractivity contribution in [3.63, 3.8) is 0 Å². The van der Waals surface area contributed by atoms with Gasteiger partial charge in [-0.05, 0) is 31.5 Å². The summed E-state index contributed by atoms with van der Waals surface area (Å²) >= 11 is 5.94. The van der Waals surface area contributed by atoms with Gasteiger partial charge in [-0.15, -0.1) is 0 Å². The second-order valence-electron chi connectivity index (χ2n) is 4.79. The minimum Gasteiger partial charge on any atom is -0.381 e. The first kappa shape index (κ1) is 15.3. The summed E-state index contributed by atoms with van der Waals surface area (Å²) in [6.45, 7) is 3.04. The Balaban J connectivity index is 2.20. The molecule has 108 valence electrons. The van der Waals surface area contributed by atoms with Crippen LogP contribution in [0.4, 0.5) is 0 Å². The Kier molecular flexibility index (Phi) is 4.66. The summed E-state index contributed by atoms with van der Waals surface area (Å²) in [6, 6.07) is 5.82. The summed E-state index contributed by atoms with van der Waals surface area (Å²) in [5.74, 6) is 0.168. The molecule has 2 rings (SSSR count). The Bertz CT molecular complexity index is 634. The summed E-state index contributed by atoms with van der Waals surface area (Å²) in [5.41, 5.74) is 0.325. The van der Waals surface area contributed by atoms with Crippen molar-refractivity contribution in [3.05, 3.63) is 28.8 Å². The van der Waals surface area contributed by atoms with Gasteiger partial charge in [0.2, 0.25) is 10.0 Å². The average Bonchev–Trinajstić information content (AvgIpc) is 2.91. The molecular weight excluding hydrogens is 300 g/mol. The van der Waals surface area contributed by atoms with Crippen LogP contribution in [0.15, 0.2) is 23.1 Å². The van der Waals surface area contributed by atoms with Crippen molar-refractivity contribution in [1.82, 2.24) is 4.72 Å². The zero-order valence-corrected chi connectivity index (χ0v) is 12.5. The van der Waals surface area contributed by atoms with Crippen molar-refractivity contribution < 1.29 is 13.2 Å². The quantitative estimate of drug-likeness (QED) is 0.920. The number of nitrogens with zero attached hydrogens (tertiary/aromatic N) is 1. The number of hydrogen-bond donors (Lipinski definition) is 1. The number of benzene rings is 1. The molecule has 5 nitrogen and oxygen atoms in total. The van der Waals surface area contributed by atoms with E-state index in [2.05, 4.69) is 4.72 Å². The number of nitrogens with one attached hydrogen (secondary N) is 1. The van der Waals surface area contributed by atoms with E-state index < -0.39 is 10.0 Å². The molecule has 1 saturated heterocycles. The maximum atomic E-state index is 12.3. The highest BCUT2D eigenvalue weighted by molar-refractivity contribution is 7.89. The van der Waals surface area contributed by atoms with Gasteiger partial charge in [0.05, 0.1) is 23.3 Å². The molecule has 2 atom stereocenters. The third-order valence-corrected chi connectivity index (χ3v) is 5.41. The van der Waals surface area contributed by atoms with Crippen molar-refractivity contribution in [3.8, 4) is 6.07 Å². The first-order valence-corrected chi connectivity index (χ1v) is 8.10. The Morgan fingerprint density at radius 2 is 2.30 bits per heavy atom. The fourth-order valence-corrected chi connectivity index (χ4v) is 4.00. The van der Waals surface area contributed by atoms with Crippen LogP contribution in [0, 0.1) is 17.2 Å². The summed E-state index contributed by atoms with van der Waals surface area (Å²) < 4.78 is 32.5. The van der Waals surface area contributed by atoms with Crippen LogP contribution >= 0.6 is 11.6 Å². The van der Waals surface area contributed by atoms with Crippen molar-refractivity contribution in [2.75, 3.05) is 13.2 Å². The third kappa shape index (κ3) is 3.30. The van der Waals surface area contributed by atoms with Gasteiger partial charge in [-0.25, -0.2) is 13.1 Å². The van der Waals surface area contributed by atoms with E-state index in [1.54, 1.807) is 0 Å². The normalized spacial score (nSPS) is 20.6. The molecule has 1 aliphatic rings. The molecule has 0 bridgehead atoms. The molecule has 1 aromatic carbocycles. The van der Waals surface area contributed by atoms with E-state index in [1.807, 2.05) is 13.0 Å². The Morgan fingerprint density at radius 3 is 2.85 bits per heavy atom. The van der Waals surface area contributed by atoms with Crippen LogP contribution in [0.3, 0.4) is 0 Å². The van der Waals surface area contributed by atoms with Gasteiger partial charge in [0.25, 0.3) is 0 Å². The summed E-state index contributed by atoms with van der Waals surface area (Å²) in [7, 11) is -3.70.